The fourth-order valence-electron chi connectivity index (χ4n) is 3.39. The summed E-state index contributed by atoms with van der Waals surface area (Å²) in [6, 6.07) is 7.82. The number of amides is 1. The van der Waals surface area contributed by atoms with Crippen LogP contribution in [-0.2, 0) is 5.54 Å². The summed E-state index contributed by atoms with van der Waals surface area (Å²) in [5.41, 5.74) is 6.70. The summed E-state index contributed by atoms with van der Waals surface area (Å²) in [5, 5.41) is 8.79. The smallest absolute Gasteiger partial charge is 0.269 e. The molecule has 0 radical (unpaired) electrons. The number of hydrogen-bond acceptors (Lipinski definition) is 3. The van der Waals surface area contributed by atoms with Crippen LogP contribution in [0.2, 0.25) is 0 Å². The normalized spacial score (nSPS) is 16.5. The van der Waals surface area contributed by atoms with Crippen molar-refractivity contribution in [1.82, 2.24) is 15.1 Å². The Morgan fingerprint density at radius 3 is 2.59 bits per heavy atom. The average molecular weight is 323 g/mol. The molecule has 2 heterocycles. The first kappa shape index (κ1) is 16.8. The molecular weight excluding hydrogens is 300 g/mol. The van der Waals surface area contributed by atoms with E-state index in [-0.39, 0.29) is 17.9 Å². The predicted molar refractivity (Wildman–Crippen MR) is 90.4 cm³/mol. The van der Waals surface area contributed by atoms with Crippen LogP contribution in [0.25, 0.3) is 10.9 Å². The van der Waals surface area contributed by atoms with Gasteiger partial charge >= 0.3 is 0 Å². The molecule has 1 amide bonds. The van der Waals surface area contributed by atoms with Crippen LogP contribution in [0.5, 0.6) is 0 Å². The summed E-state index contributed by atoms with van der Waals surface area (Å²) in [7, 11) is 0. The molecule has 3 N–H and O–H groups in total. The standard InChI is InChI=1S/C16H22N4O.ClH/c1-16(2,11-7-9-18-10-8-11)20-13-6-4-3-5-12(13)14(19-20)15(17)21;/h3-6,11,18H,7-10H2,1-2H3,(H2,17,21);1H. The highest BCUT2D eigenvalue weighted by molar-refractivity contribution is 6.04. The van der Waals surface area contributed by atoms with Crippen molar-refractivity contribution < 1.29 is 4.79 Å². The molecule has 0 spiro atoms. The van der Waals surface area contributed by atoms with E-state index in [1.807, 2.05) is 28.9 Å². The lowest BCUT2D eigenvalue weighted by Crippen LogP contribution is -2.42. The minimum absolute atomic E-state index is 0. The minimum atomic E-state index is -0.467. The van der Waals surface area contributed by atoms with Gasteiger partial charge in [-0.15, -0.1) is 12.4 Å². The SMILES string of the molecule is CC(C)(C1CCNCC1)n1nc(C(N)=O)c2ccccc21.Cl. The highest BCUT2D eigenvalue weighted by Crippen LogP contribution is 2.35. The van der Waals surface area contributed by atoms with E-state index in [1.54, 1.807) is 0 Å². The second-order valence-electron chi connectivity index (χ2n) is 6.32. The molecular formula is C16H23ClN4O. The van der Waals surface area contributed by atoms with Crippen LogP contribution in [0.4, 0.5) is 0 Å². The molecule has 0 bridgehead atoms. The number of piperidine rings is 1. The summed E-state index contributed by atoms with van der Waals surface area (Å²) >= 11 is 0. The van der Waals surface area contributed by atoms with Gasteiger partial charge in [0.1, 0.15) is 0 Å². The molecule has 0 atom stereocenters. The molecule has 1 fully saturated rings. The number of fused-ring (bicyclic) bond motifs is 1. The van der Waals surface area contributed by atoms with Crippen molar-refractivity contribution in [3.8, 4) is 0 Å². The number of aromatic nitrogens is 2. The molecule has 0 aliphatic carbocycles. The van der Waals surface area contributed by atoms with Crippen molar-refractivity contribution in [2.75, 3.05) is 13.1 Å². The number of nitrogens with two attached hydrogens (primary N) is 1. The Bertz CT molecular complexity index is 674. The van der Waals surface area contributed by atoms with Gasteiger partial charge < -0.3 is 11.1 Å². The second kappa shape index (κ2) is 6.26. The van der Waals surface area contributed by atoms with Crippen LogP contribution < -0.4 is 11.1 Å². The third-order valence-corrected chi connectivity index (χ3v) is 4.70. The zero-order valence-electron chi connectivity index (χ0n) is 13.0. The van der Waals surface area contributed by atoms with Crippen molar-refractivity contribution in [3.05, 3.63) is 30.0 Å². The Morgan fingerprint density at radius 1 is 1.32 bits per heavy atom. The predicted octanol–water partition coefficient (Wildman–Crippen LogP) is 2.29. The first-order valence-electron chi connectivity index (χ1n) is 7.50. The second-order valence-corrected chi connectivity index (χ2v) is 6.32. The summed E-state index contributed by atoms with van der Waals surface area (Å²) in [6.45, 7) is 6.48. The quantitative estimate of drug-likeness (QED) is 0.910. The Kier molecular flexibility index (Phi) is 4.78. The van der Waals surface area contributed by atoms with Crippen LogP contribution in [0.3, 0.4) is 0 Å². The highest BCUT2D eigenvalue weighted by atomic mass is 35.5. The van der Waals surface area contributed by atoms with Gasteiger partial charge in [0.25, 0.3) is 5.91 Å². The molecule has 0 unspecified atom stereocenters. The lowest BCUT2D eigenvalue weighted by molar-refractivity contribution is 0.0992. The van der Waals surface area contributed by atoms with Gasteiger partial charge in [0.2, 0.25) is 0 Å². The van der Waals surface area contributed by atoms with Crippen molar-refractivity contribution in [2.24, 2.45) is 11.7 Å². The number of nitrogens with one attached hydrogen (secondary N) is 1. The number of primary amides is 1. The molecule has 1 aromatic heterocycles. The number of halogens is 1. The number of para-hydroxylation sites is 1. The number of rotatable bonds is 3. The molecule has 1 aliphatic rings. The number of hydrogen-bond donors (Lipinski definition) is 2. The molecule has 22 heavy (non-hydrogen) atoms. The first-order valence-corrected chi connectivity index (χ1v) is 7.50. The number of benzene rings is 1. The maximum atomic E-state index is 11.7. The summed E-state index contributed by atoms with van der Waals surface area (Å²) < 4.78 is 2.00. The summed E-state index contributed by atoms with van der Waals surface area (Å²) in [6.07, 6.45) is 2.24. The number of carbonyl (C=O) groups is 1. The molecule has 3 rings (SSSR count). The molecule has 120 valence electrons. The molecule has 1 aliphatic heterocycles. The number of nitrogens with zero attached hydrogens (tertiary/aromatic N) is 2. The van der Waals surface area contributed by atoms with Gasteiger partial charge in [0, 0.05) is 5.39 Å². The Hall–Kier alpha value is -1.59. The lowest BCUT2D eigenvalue weighted by Gasteiger charge is -2.38. The molecule has 1 aromatic carbocycles. The molecule has 2 aromatic rings. The van der Waals surface area contributed by atoms with Crippen molar-refractivity contribution in [2.45, 2.75) is 32.2 Å². The lowest BCUT2D eigenvalue weighted by atomic mass is 9.81. The van der Waals surface area contributed by atoms with E-state index in [0.29, 0.717) is 11.6 Å². The summed E-state index contributed by atoms with van der Waals surface area (Å²) in [5.74, 6) is 0.0637. The topological polar surface area (TPSA) is 72.9 Å². The van der Waals surface area contributed by atoms with Gasteiger partial charge in [-0.25, -0.2) is 0 Å². The van der Waals surface area contributed by atoms with E-state index in [2.05, 4.69) is 24.3 Å². The van der Waals surface area contributed by atoms with Crippen LogP contribution >= 0.6 is 12.4 Å². The van der Waals surface area contributed by atoms with Gasteiger partial charge in [-0.3, -0.25) is 9.48 Å². The zero-order valence-corrected chi connectivity index (χ0v) is 13.8. The Balaban J connectivity index is 0.00000176. The van der Waals surface area contributed by atoms with E-state index in [1.165, 1.54) is 0 Å². The van der Waals surface area contributed by atoms with Gasteiger partial charge in [0.15, 0.2) is 5.69 Å². The van der Waals surface area contributed by atoms with E-state index in [4.69, 9.17) is 5.73 Å². The monoisotopic (exact) mass is 322 g/mol. The third-order valence-electron chi connectivity index (χ3n) is 4.70. The van der Waals surface area contributed by atoms with E-state index in [0.717, 1.165) is 36.8 Å². The van der Waals surface area contributed by atoms with E-state index >= 15 is 0 Å². The van der Waals surface area contributed by atoms with Crippen LogP contribution in [0.15, 0.2) is 24.3 Å². The largest absolute Gasteiger partial charge is 0.364 e. The van der Waals surface area contributed by atoms with Gasteiger partial charge in [-0.05, 0) is 51.8 Å². The maximum Gasteiger partial charge on any atom is 0.269 e. The average Bonchev–Trinajstić information content (AvgIpc) is 2.88. The van der Waals surface area contributed by atoms with Crippen LogP contribution in [-0.4, -0.2) is 28.8 Å². The summed E-state index contributed by atoms with van der Waals surface area (Å²) in [4.78, 5) is 11.7. The fourth-order valence-corrected chi connectivity index (χ4v) is 3.39. The van der Waals surface area contributed by atoms with Crippen molar-refractivity contribution in [1.29, 1.82) is 0 Å². The van der Waals surface area contributed by atoms with Crippen molar-refractivity contribution in [3.63, 3.8) is 0 Å². The maximum absolute atomic E-state index is 11.7. The minimum Gasteiger partial charge on any atom is -0.364 e. The molecule has 0 saturated carbocycles. The molecule has 1 saturated heterocycles. The first-order chi connectivity index (χ1) is 10.0. The van der Waals surface area contributed by atoms with E-state index in [9.17, 15) is 4.79 Å². The zero-order chi connectivity index (χ0) is 15.0. The van der Waals surface area contributed by atoms with Gasteiger partial charge in [0.05, 0.1) is 11.1 Å². The highest BCUT2D eigenvalue weighted by Gasteiger charge is 2.35. The van der Waals surface area contributed by atoms with Crippen molar-refractivity contribution >= 4 is 29.2 Å². The fraction of sp³-hybridized carbons (Fsp3) is 0.500. The Labute approximate surface area is 136 Å². The van der Waals surface area contributed by atoms with Crippen LogP contribution in [0, 0.1) is 5.92 Å². The van der Waals surface area contributed by atoms with Crippen LogP contribution in [0.1, 0.15) is 37.2 Å². The molecule has 6 heteroatoms. The third kappa shape index (κ3) is 2.71. The van der Waals surface area contributed by atoms with Gasteiger partial charge in [-0.2, -0.15) is 5.10 Å². The number of carbonyl (C=O) groups excluding carboxylic acids is 1. The Morgan fingerprint density at radius 2 is 1.95 bits per heavy atom. The molecule has 5 nitrogen and oxygen atoms in total. The van der Waals surface area contributed by atoms with E-state index < -0.39 is 5.91 Å². The van der Waals surface area contributed by atoms with Gasteiger partial charge in [-0.1, -0.05) is 18.2 Å².